The van der Waals surface area contributed by atoms with Crippen molar-refractivity contribution in [1.82, 2.24) is 4.90 Å². The second-order valence-corrected chi connectivity index (χ2v) is 8.46. The van der Waals surface area contributed by atoms with Crippen molar-refractivity contribution in [1.29, 1.82) is 0 Å². The minimum Gasteiger partial charge on any atom is -0.492 e. The number of hydrogen-bond acceptors (Lipinski definition) is 5. The zero-order chi connectivity index (χ0) is 22.8. The Morgan fingerprint density at radius 1 is 1.06 bits per heavy atom. The van der Waals surface area contributed by atoms with Crippen LogP contribution in [0.25, 0.3) is 12.2 Å². The SMILES string of the molecule is COc1c2c(cc3c1[C@@H](CC(=O)c1ccc(C=Cc4ccccc4)cc1)N(C)CC3)OCO2. The number of methoxy groups -OCH3 is 1. The molecule has 0 spiro atoms. The van der Waals surface area contributed by atoms with Gasteiger partial charge in [0.25, 0.3) is 0 Å². The number of ether oxygens (including phenoxy) is 3. The van der Waals surface area contributed by atoms with Gasteiger partial charge in [-0.1, -0.05) is 66.7 Å². The zero-order valence-electron chi connectivity index (χ0n) is 18.9. The molecule has 0 aliphatic carbocycles. The number of rotatable bonds is 6. The Morgan fingerprint density at radius 2 is 1.79 bits per heavy atom. The van der Waals surface area contributed by atoms with Crippen LogP contribution in [0.5, 0.6) is 17.2 Å². The van der Waals surface area contributed by atoms with E-state index in [1.165, 1.54) is 0 Å². The Kier molecular flexibility index (Phi) is 5.88. The molecule has 2 heterocycles. The summed E-state index contributed by atoms with van der Waals surface area (Å²) in [6.45, 7) is 1.07. The van der Waals surface area contributed by atoms with Crippen molar-refractivity contribution in [2.24, 2.45) is 0 Å². The molecule has 5 heteroatoms. The van der Waals surface area contributed by atoms with Gasteiger partial charge in [-0.3, -0.25) is 9.69 Å². The van der Waals surface area contributed by atoms with Gasteiger partial charge in [-0.05, 0) is 36.2 Å². The van der Waals surface area contributed by atoms with Crippen LogP contribution in [-0.4, -0.2) is 38.2 Å². The van der Waals surface area contributed by atoms with Crippen LogP contribution in [0, 0.1) is 0 Å². The van der Waals surface area contributed by atoms with Crippen LogP contribution < -0.4 is 14.2 Å². The summed E-state index contributed by atoms with van der Waals surface area (Å²) in [6.07, 6.45) is 5.38. The van der Waals surface area contributed by atoms with Crippen molar-refractivity contribution in [2.45, 2.75) is 18.9 Å². The molecule has 5 nitrogen and oxygen atoms in total. The van der Waals surface area contributed by atoms with E-state index in [9.17, 15) is 4.79 Å². The first-order valence-corrected chi connectivity index (χ1v) is 11.2. The lowest BCUT2D eigenvalue weighted by atomic mass is 9.87. The maximum absolute atomic E-state index is 13.3. The van der Waals surface area contributed by atoms with E-state index in [0.29, 0.717) is 23.5 Å². The number of benzene rings is 3. The van der Waals surface area contributed by atoms with Crippen molar-refractivity contribution >= 4 is 17.9 Å². The molecule has 0 amide bonds. The van der Waals surface area contributed by atoms with Gasteiger partial charge in [0.15, 0.2) is 17.3 Å². The molecule has 0 N–H and O–H groups in total. The monoisotopic (exact) mass is 441 g/mol. The van der Waals surface area contributed by atoms with E-state index < -0.39 is 0 Å². The van der Waals surface area contributed by atoms with Crippen LogP contribution in [0.3, 0.4) is 0 Å². The van der Waals surface area contributed by atoms with Crippen molar-refractivity contribution in [3.05, 3.63) is 88.5 Å². The third kappa shape index (κ3) is 4.24. The van der Waals surface area contributed by atoms with Gasteiger partial charge in [-0.2, -0.15) is 0 Å². The summed E-state index contributed by atoms with van der Waals surface area (Å²) in [4.78, 5) is 15.5. The summed E-state index contributed by atoms with van der Waals surface area (Å²) in [5.41, 5.74) is 5.11. The topological polar surface area (TPSA) is 48.0 Å². The Balaban J connectivity index is 1.37. The van der Waals surface area contributed by atoms with Gasteiger partial charge in [0.2, 0.25) is 12.5 Å². The average molecular weight is 442 g/mol. The van der Waals surface area contributed by atoms with E-state index in [1.807, 2.05) is 48.5 Å². The molecule has 5 rings (SSSR count). The normalized spacial score (nSPS) is 17.2. The molecule has 2 aliphatic rings. The van der Waals surface area contributed by atoms with Gasteiger partial charge >= 0.3 is 0 Å². The van der Waals surface area contributed by atoms with E-state index in [1.54, 1.807) is 7.11 Å². The molecule has 168 valence electrons. The van der Waals surface area contributed by atoms with Crippen LogP contribution in [0.1, 0.15) is 45.1 Å². The minimum atomic E-state index is -0.0802. The Bertz CT molecular complexity index is 1180. The molecule has 0 bridgehead atoms. The number of ketones is 1. The molecule has 33 heavy (non-hydrogen) atoms. The first-order chi connectivity index (χ1) is 16.1. The first-order valence-electron chi connectivity index (χ1n) is 11.2. The van der Waals surface area contributed by atoms with Gasteiger partial charge in [0, 0.05) is 30.1 Å². The van der Waals surface area contributed by atoms with Gasteiger partial charge in [0.1, 0.15) is 0 Å². The minimum absolute atomic E-state index is 0.0802. The maximum atomic E-state index is 13.3. The lowest BCUT2D eigenvalue weighted by Crippen LogP contribution is -2.34. The summed E-state index contributed by atoms with van der Waals surface area (Å²) in [5, 5.41) is 0. The Morgan fingerprint density at radius 3 is 2.52 bits per heavy atom. The highest BCUT2D eigenvalue weighted by atomic mass is 16.7. The van der Waals surface area contributed by atoms with Gasteiger partial charge in [-0.25, -0.2) is 0 Å². The first kappa shape index (κ1) is 21.3. The molecule has 2 aliphatic heterocycles. The van der Waals surface area contributed by atoms with Crippen molar-refractivity contribution in [3.63, 3.8) is 0 Å². The fourth-order valence-corrected chi connectivity index (χ4v) is 4.61. The molecule has 0 unspecified atom stereocenters. The predicted octanol–water partition coefficient (Wildman–Crippen LogP) is 5.40. The summed E-state index contributed by atoms with van der Waals surface area (Å²) in [5.74, 6) is 2.15. The van der Waals surface area contributed by atoms with Crippen LogP contribution in [0.2, 0.25) is 0 Å². The largest absolute Gasteiger partial charge is 0.492 e. The molecular formula is C28H27NO4. The lowest BCUT2D eigenvalue weighted by molar-refractivity contribution is 0.0925. The number of carbonyl (C=O) groups is 1. The molecule has 0 saturated heterocycles. The zero-order valence-corrected chi connectivity index (χ0v) is 18.9. The highest BCUT2D eigenvalue weighted by molar-refractivity contribution is 5.97. The van der Waals surface area contributed by atoms with Crippen LogP contribution >= 0.6 is 0 Å². The molecule has 0 fully saturated rings. The smallest absolute Gasteiger partial charge is 0.231 e. The second kappa shape index (κ2) is 9.12. The summed E-state index contributed by atoms with van der Waals surface area (Å²) in [6, 6.07) is 19.9. The molecule has 1 atom stereocenters. The van der Waals surface area contributed by atoms with Crippen LogP contribution in [0.4, 0.5) is 0 Å². The second-order valence-electron chi connectivity index (χ2n) is 8.46. The van der Waals surface area contributed by atoms with Crippen LogP contribution in [0.15, 0.2) is 60.7 Å². The molecule has 0 radical (unpaired) electrons. The highest BCUT2D eigenvalue weighted by Gasteiger charge is 2.35. The van der Waals surface area contributed by atoms with E-state index in [0.717, 1.165) is 41.0 Å². The molecule has 0 aromatic heterocycles. The standard InChI is InChI=1S/C28H27NO4/c1-29-15-14-22-16-25-27(33-18-32-25)28(31-2)26(22)23(29)17-24(30)21-12-10-20(11-13-21)9-8-19-6-4-3-5-7-19/h3-13,16,23H,14-15,17-18H2,1-2H3/t23-/m1/s1. The fourth-order valence-electron chi connectivity index (χ4n) is 4.61. The number of hydrogen-bond donors (Lipinski definition) is 0. The Labute approximate surface area is 194 Å². The number of carbonyl (C=O) groups excluding carboxylic acids is 1. The van der Waals surface area contributed by atoms with Gasteiger partial charge in [-0.15, -0.1) is 0 Å². The predicted molar refractivity (Wildman–Crippen MR) is 129 cm³/mol. The number of fused-ring (bicyclic) bond motifs is 2. The maximum Gasteiger partial charge on any atom is 0.231 e. The molecule has 3 aromatic rings. The molecule has 0 saturated carbocycles. The summed E-state index contributed by atoms with van der Waals surface area (Å²) >= 11 is 0. The van der Waals surface area contributed by atoms with Crippen molar-refractivity contribution in [3.8, 4) is 17.2 Å². The van der Waals surface area contributed by atoms with Gasteiger partial charge in [0.05, 0.1) is 7.11 Å². The highest BCUT2D eigenvalue weighted by Crippen LogP contribution is 2.50. The summed E-state index contributed by atoms with van der Waals surface area (Å²) < 4.78 is 17.0. The van der Waals surface area contributed by atoms with E-state index in [4.69, 9.17) is 14.2 Å². The molecular weight excluding hydrogens is 414 g/mol. The molecule has 3 aromatic carbocycles. The third-order valence-corrected chi connectivity index (χ3v) is 6.43. The van der Waals surface area contributed by atoms with Crippen molar-refractivity contribution < 1.29 is 19.0 Å². The van der Waals surface area contributed by atoms with Crippen molar-refractivity contribution in [2.75, 3.05) is 27.5 Å². The fraction of sp³-hybridized carbons (Fsp3) is 0.250. The van der Waals surface area contributed by atoms with Crippen LogP contribution in [-0.2, 0) is 6.42 Å². The number of likely N-dealkylation sites (N-methyl/N-ethyl adjacent to an activating group) is 1. The van der Waals surface area contributed by atoms with E-state index in [-0.39, 0.29) is 18.6 Å². The lowest BCUT2D eigenvalue weighted by Gasteiger charge is -2.35. The van der Waals surface area contributed by atoms with E-state index in [2.05, 4.69) is 36.2 Å². The third-order valence-electron chi connectivity index (χ3n) is 6.43. The number of nitrogens with zero attached hydrogens (tertiary/aromatic N) is 1. The quantitative estimate of drug-likeness (QED) is 0.379. The Hall–Kier alpha value is -3.57. The van der Waals surface area contributed by atoms with Gasteiger partial charge < -0.3 is 14.2 Å². The van der Waals surface area contributed by atoms with E-state index >= 15 is 0 Å². The summed E-state index contributed by atoms with van der Waals surface area (Å²) in [7, 11) is 3.70. The number of Topliss-reactive ketones (excluding diaryl/α,β-unsaturated/α-hetero) is 1. The average Bonchev–Trinajstić information content (AvgIpc) is 3.32.